The van der Waals surface area contributed by atoms with E-state index in [9.17, 15) is 0 Å². The Balaban J connectivity index is 1.67. The Labute approximate surface area is 157 Å². The first-order valence-corrected chi connectivity index (χ1v) is 8.55. The van der Waals surface area contributed by atoms with Crippen LogP contribution in [0.3, 0.4) is 0 Å². The summed E-state index contributed by atoms with van der Waals surface area (Å²) in [5, 5.41) is 4.93. The molecule has 26 heavy (non-hydrogen) atoms. The molecule has 0 bridgehead atoms. The smallest absolute Gasteiger partial charge is 0.243 e. The first-order valence-electron chi connectivity index (χ1n) is 8.18. The minimum absolute atomic E-state index is 0.454. The molecule has 1 aromatic heterocycles. The number of nitrogens with zero attached hydrogens (tertiary/aromatic N) is 3. The van der Waals surface area contributed by atoms with Gasteiger partial charge in [0.15, 0.2) is 0 Å². The molecule has 0 saturated heterocycles. The topological polar surface area (TPSA) is 59.4 Å². The standard InChI is InChI=1S/C20H19ClN4O/c1-14-11-15(2)24-20(23-14)25-22-12-17-5-3-4-6-19(17)26-13-16-7-9-18(21)10-8-16/h3-12H,13H2,1-2H3,(H,23,24,25)/b22-12+. The highest BCUT2D eigenvalue weighted by Gasteiger charge is 2.02. The summed E-state index contributed by atoms with van der Waals surface area (Å²) in [6, 6.07) is 17.2. The number of aryl methyl sites for hydroxylation is 2. The summed E-state index contributed by atoms with van der Waals surface area (Å²) in [4.78, 5) is 8.59. The molecule has 0 saturated carbocycles. The molecule has 0 aliphatic rings. The lowest BCUT2D eigenvalue weighted by Gasteiger charge is -2.09. The van der Waals surface area contributed by atoms with Crippen molar-refractivity contribution in [3.63, 3.8) is 0 Å². The number of hydrazone groups is 1. The van der Waals surface area contributed by atoms with E-state index in [2.05, 4.69) is 20.5 Å². The van der Waals surface area contributed by atoms with Gasteiger partial charge in [0.1, 0.15) is 12.4 Å². The van der Waals surface area contributed by atoms with Crippen molar-refractivity contribution in [1.29, 1.82) is 0 Å². The summed E-state index contributed by atoms with van der Waals surface area (Å²) in [6.45, 7) is 4.29. The molecule has 5 nitrogen and oxygen atoms in total. The van der Waals surface area contributed by atoms with Crippen LogP contribution < -0.4 is 10.2 Å². The molecule has 2 aromatic carbocycles. The molecule has 0 amide bonds. The van der Waals surface area contributed by atoms with Gasteiger partial charge in [0.2, 0.25) is 5.95 Å². The summed E-state index contributed by atoms with van der Waals surface area (Å²) in [7, 11) is 0. The lowest BCUT2D eigenvalue weighted by atomic mass is 10.2. The van der Waals surface area contributed by atoms with Gasteiger partial charge in [0.05, 0.1) is 6.21 Å². The largest absolute Gasteiger partial charge is 0.488 e. The van der Waals surface area contributed by atoms with E-state index in [1.807, 2.05) is 68.4 Å². The van der Waals surface area contributed by atoms with Gasteiger partial charge < -0.3 is 4.74 Å². The highest BCUT2D eigenvalue weighted by molar-refractivity contribution is 6.30. The fraction of sp³-hybridized carbons (Fsp3) is 0.150. The molecular formula is C20H19ClN4O. The highest BCUT2D eigenvalue weighted by Crippen LogP contribution is 2.18. The molecular weight excluding hydrogens is 348 g/mol. The maximum absolute atomic E-state index is 5.91. The number of aromatic nitrogens is 2. The first-order chi connectivity index (χ1) is 12.6. The molecule has 0 atom stereocenters. The van der Waals surface area contributed by atoms with Gasteiger partial charge in [-0.3, -0.25) is 0 Å². The second-order valence-corrected chi connectivity index (χ2v) is 6.23. The van der Waals surface area contributed by atoms with Crippen LogP contribution in [0, 0.1) is 13.8 Å². The van der Waals surface area contributed by atoms with Crippen LogP contribution in [0.5, 0.6) is 5.75 Å². The van der Waals surface area contributed by atoms with Crippen LogP contribution in [0.25, 0.3) is 0 Å². The molecule has 0 fully saturated rings. The van der Waals surface area contributed by atoms with E-state index < -0.39 is 0 Å². The zero-order valence-electron chi connectivity index (χ0n) is 14.6. The maximum atomic E-state index is 5.91. The Bertz CT molecular complexity index is 890. The summed E-state index contributed by atoms with van der Waals surface area (Å²) in [6.07, 6.45) is 1.69. The normalized spacial score (nSPS) is 10.9. The molecule has 0 aliphatic carbocycles. The predicted octanol–water partition coefficient (Wildman–Crippen LogP) is 4.77. The van der Waals surface area contributed by atoms with Crippen molar-refractivity contribution in [2.45, 2.75) is 20.5 Å². The van der Waals surface area contributed by atoms with Gasteiger partial charge in [0, 0.05) is 22.0 Å². The van der Waals surface area contributed by atoms with Crippen LogP contribution in [-0.4, -0.2) is 16.2 Å². The molecule has 3 rings (SSSR count). The van der Waals surface area contributed by atoms with Gasteiger partial charge in [-0.05, 0) is 49.7 Å². The number of para-hydroxylation sites is 1. The van der Waals surface area contributed by atoms with Gasteiger partial charge in [-0.1, -0.05) is 35.9 Å². The zero-order valence-corrected chi connectivity index (χ0v) is 15.4. The first kappa shape index (κ1) is 17.9. The predicted molar refractivity (Wildman–Crippen MR) is 105 cm³/mol. The van der Waals surface area contributed by atoms with Crippen LogP contribution >= 0.6 is 11.6 Å². The molecule has 1 N–H and O–H groups in total. The van der Waals surface area contributed by atoms with Crippen molar-refractivity contribution in [1.82, 2.24) is 9.97 Å². The van der Waals surface area contributed by atoms with Crippen LogP contribution in [-0.2, 0) is 6.61 Å². The van der Waals surface area contributed by atoms with Gasteiger partial charge in [0.25, 0.3) is 0 Å². The third-order valence-corrected chi connectivity index (χ3v) is 3.83. The van der Waals surface area contributed by atoms with Crippen LogP contribution in [0.2, 0.25) is 5.02 Å². The number of hydrogen-bond acceptors (Lipinski definition) is 5. The van der Waals surface area contributed by atoms with Gasteiger partial charge in [-0.2, -0.15) is 5.10 Å². The Hall–Kier alpha value is -2.92. The molecule has 0 spiro atoms. The minimum atomic E-state index is 0.454. The third-order valence-electron chi connectivity index (χ3n) is 3.58. The number of benzene rings is 2. The Morgan fingerprint density at radius 2 is 1.73 bits per heavy atom. The van der Waals surface area contributed by atoms with E-state index in [1.54, 1.807) is 6.21 Å². The third kappa shape index (κ3) is 5.04. The summed E-state index contributed by atoms with van der Waals surface area (Å²) >= 11 is 5.91. The van der Waals surface area contributed by atoms with Crippen LogP contribution in [0.4, 0.5) is 5.95 Å². The SMILES string of the molecule is Cc1cc(C)nc(N/N=C/c2ccccc2OCc2ccc(Cl)cc2)n1. The average molecular weight is 367 g/mol. The molecule has 132 valence electrons. The molecule has 0 unspecified atom stereocenters. The van der Waals surface area contributed by atoms with Gasteiger partial charge in [-0.25, -0.2) is 15.4 Å². The van der Waals surface area contributed by atoms with Crippen molar-refractivity contribution in [3.05, 3.63) is 82.1 Å². The molecule has 3 aromatic rings. The number of rotatable bonds is 6. The van der Waals surface area contributed by atoms with Crippen molar-refractivity contribution < 1.29 is 4.74 Å². The number of anilines is 1. The summed E-state index contributed by atoms with van der Waals surface area (Å²) < 4.78 is 5.91. The lowest BCUT2D eigenvalue weighted by Crippen LogP contribution is -2.01. The Morgan fingerprint density at radius 1 is 1.04 bits per heavy atom. The van der Waals surface area contributed by atoms with E-state index >= 15 is 0 Å². The molecule has 0 radical (unpaired) electrons. The van der Waals surface area contributed by atoms with Gasteiger partial charge in [-0.15, -0.1) is 0 Å². The van der Waals surface area contributed by atoms with Crippen molar-refractivity contribution in [3.8, 4) is 5.75 Å². The number of ether oxygens (including phenoxy) is 1. The second kappa shape index (κ2) is 8.45. The van der Waals surface area contributed by atoms with Crippen LogP contribution in [0.1, 0.15) is 22.5 Å². The minimum Gasteiger partial charge on any atom is -0.488 e. The number of nitrogens with one attached hydrogen (secondary N) is 1. The lowest BCUT2D eigenvalue weighted by molar-refractivity contribution is 0.306. The van der Waals surface area contributed by atoms with E-state index in [1.165, 1.54) is 0 Å². The molecule has 6 heteroatoms. The quantitative estimate of drug-likeness (QED) is 0.504. The van der Waals surface area contributed by atoms with E-state index in [4.69, 9.17) is 16.3 Å². The maximum Gasteiger partial charge on any atom is 0.243 e. The zero-order chi connectivity index (χ0) is 18.4. The van der Waals surface area contributed by atoms with Crippen molar-refractivity contribution in [2.75, 3.05) is 5.43 Å². The van der Waals surface area contributed by atoms with Crippen molar-refractivity contribution >= 4 is 23.8 Å². The van der Waals surface area contributed by atoms with E-state index in [-0.39, 0.29) is 0 Å². The monoisotopic (exact) mass is 366 g/mol. The Morgan fingerprint density at radius 3 is 2.46 bits per heavy atom. The fourth-order valence-electron chi connectivity index (χ4n) is 2.40. The molecule has 1 heterocycles. The summed E-state index contributed by atoms with van der Waals surface area (Å²) in [5.74, 6) is 1.22. The fourth-order valence-corrected chi connectivity index (χ4v) is 2.52. The van der Waals surface area contributed by atoms with E-state index in [0.29, 0.717) is 17.6 Å². The van der Waals surface area contributed by atoms with Crippen LogP contribution in [0.15, 0.2) is 59.7 Å². The summed E-state index contributed by atoms with van der Waals surface area (Å²) in [5.41, 5.74) is 6.54. The second-order valence-electron chi connectivity index (χ2n) is 5.80. The number of hydrogen-bond donors (Lipinski definition) is 1. The highest BCUT2D eigenvalue weighted by atomic mass is 35.5. The molecule has 0 aliphatic heterocycles. The average Bonchev–Trinajstić information content (AvgIpc) is 2.61. The van der Waals surface area contributed by atoms with Crippen molar-refractivity contribution in [2.24, 2.45) is 5.10 Å². The number of halogens is 1. The van der Waals surface area contributed by atoms with E-state index in [0.717, 1.165) is 28.3 Å². The van der Waals surface area contributed by atoms with Gasteiger partial charge >= 0.3 is 0 Å². The Kier molecular flexibility index (Phi) is 5.81.